The molecule has 7 nitrogen and oxygen atoms in total. The van der Waals surface area contributed by atoms with E-state index in [1.165, 1.54) is 4.90 Å². The van der Waals surface area contributed by atoms with Crippen LogP contribution in [0.3, 0.4) is 0 Å². The maximum absolute atomic E-state index is 12.6. The van der Waals surface area contributed by atoms with Gasteiger partial charge in [0.2, 0.25) is 5.91 Å². The van der Waals surface area contributed by atoms with Gasteiger partial charge < -0.3 is 14.4 Å². The highest BCUT2D eigenvalue weighted by Crippen LogP contribution is 2.15. The van der Waals surface area contributed by atoms with Crippen molar-refractivity contribution in [3.05, 3.63) is 35.9 Å². The first-order valence-corrected chi connectivity index (χ1v) is 9.65. The van der Waals surface area contributed by atoms with Crippen LogP contribution >= 0.6 is 0 Å². The Balaban J connectivity index is 1.77. The fraction of sp³-hybridized carbons (Fsp3) is 0.571. The van der Waals surface area contributed by atoms with Crippen LogP contribution in [-0.4, -0.2) is 59.0 Å². The number of nitrogens with zero attached hydrogens (tertiary/aromatic N) is 2. The molecule has 0 bridgehead atoms. The number of rotatable bonds is 6. The van der Waals surface area contributed by atoms with Gasteiger partial charge in [0.15, 0.2) is 0 Å². The van der Waals surface area contributed by atoms with Crippen molar-refractivity contribution < 1.29 is 23.9 Å². The van der Waals surface area contributed by atoms with Gasteiger partial charge in [-0.15, -0.1) is 0 Å². The van der Waals surface area contributed by atoms with Gasteiger partial charge in [0, 0.05) is 26.1 Å². The molecule has 0 spiro atoms. The van der Waals surface area contributed by atoms with Crippen molar-refractivity contribution in [2.24, 2.45) is 0 Å². The summed E-state index contributed by atoms with van der Waals surface area (Å²) in [5, 5.41) is 0. The SMILES string of the molecule is CC1C(=O)N(CCCC(=O)OC(C)(C)C)CCN1C(=O)OCc1ccccc1. The molecule has 0 saturated carbocycles. The predicted molar refractivity (Wildman–Crippen MR) is 104 cm³/mol. The summed E-state index contributed by atoms with van der Waals surface area (Å²) in [6.45, 7) is 8.66. The summed E-state index contributed by atoms with van der Waals surface area (Å²) in [7, 11) is 0. The zero-order valence-electron chi connectivity index (χ0n) is 17.1. The van der Waals surface area contributed by atoms with Gasteiger partial charge in [-0.05, 0) is 39.7 Å². The molecule has 1 aliphatic rings. The molecule has 1 fully saturated rings. The number of ether oxygens (including phenoxy) is 2. The van der Waals surface area contributed by atoms with Crippen LogP contribution in [0, 0.1) is 0 Å². The Kier molecular flexibility index (Phi) is 7.43. The molecule has 1 aromatic rings. The minimum Gasteiger partial charge on any atom is -0.460 e. The number of hydrogen-bond acceptors (Lipinski definition) is 5. The Bertz CT molecular complexity index is 684. The van der Waals surface area contributed by atoms with E-state index in [0.717, 1.165) is 5.56 Å². The van der Waals surface area contributed by atoms with Gasteiger partial charge in [0.25, 0.3) is 0 Å². The van der Waals surface area contributed by atoms with Crippen molar-refractivity contribution in [3.8, 4) is 0 Å². The van der Waals surface area contributed by atoms with Gasteiger partial charge in [-0.1, -0.05) is 30.3 Å². The molecule has 1 atom stereocenters. The lowest BCUT2D eigenvalue weighted by molar-refractivity contribution is -0.155. The second-order valence-electron chi connectivity index (χ2n) is 7.92. The van der Waals surface area contributed by atoms with E-state index in [1.807, 2.05) is 51.1 Å². The summed E-state index contributed by atoms with van der Waals surface area (Å²) in [4.78, 5) is 39.8. The Labute approximate surface area is 166 Å². The van der Waals surface area contributed by atoms with Crippen LogP contribution in [-0.2, 0) is 25.7 Å². The summed E-state index contributed by atoms with van der Waals surface area (Å²) < 4.78 is 10.6. The summed E-state index contributed by atoms with van der Waals surface area (Å²) in [6, 6.07) is 8.83. The molecule has 0 aromatic heterocycles. The molecule has 1 saturated heterocycles. The van der Waals surface area contributed by atoms with E-state index in [0.29, 0.717) is 26.1 Å². The Hall–Kier alpha value is -2.57. The van der Waals surface area contributed by atoms with Crippen molar-refractivity contribution >= 4 is 18.0 Å². The summed E-state index contributed by atoms with van der Waals surface area (Å²) in [5.74, 6) is -0.400. The maximum Gasteiger partial charge on any atom is 0.410 e. The smallest absolute Gasteiger partial charge is 0.410 e. The van der Waals surface area contributed by atoms with E-state index in [9.17, 15) is 14.4 Å². The summed E-state index contributed by atoms with van der Waals surface area (Å²) in [5.41, 5.74) is 0.392. The van der Waals surface area contributed by atoms with Gasteiger partial charge in [-0.2, -0.15) is 0 Å². The molecule has 0 aliphatic carbocycles. The van der Waals surface area contributed by atoms with E-state index in [2.05, 4.69) is 0 Å². The molecule has 1 unspecified atom stereocenters. The topological polar surface area (TPSA) is 76.2 Å². The molecule has 2 amide bonds. The molecule has 154 valence electrons. The molecule has 1 aliphatic heterocycles. The van der Waals surface area contributed by atoms with E-state index < -0.39 is 17.7 Å². The minimum absolute atomic E-state index is 0.132. The number of esters is 1. The Morgan fingerprint density at radius 3 is 2.46 bits per heavy atom. The van der Waals surface area contributed by atoms with Crippen molar-refractivity contribution in [2.45, 2.75) is 58.8 Å². The van der Waals surface area contributed by atoms with Crippen LogP contribution in [0.25, 0.3) is 0 Å². The first-order valence-electron chi connectivity index (χ1n) is 9.65. The molecule has 2 rings (SSSR count). The van der Waals surface area contributed by atoms with Crippen LogP contribution in [0.5, 0.6) is 0 Å². The highest BCUT2D eigenvalue weighted by Gasteiger charge is 2.35. The number of hydrogen-bond donors (Lipinski definition) is 0. The van der Waals surface area contributed by atoms with E-state index in [4.69, 9.17) is 9.47 Å². The monoisotopic (exact) mass is 390 g/mol. The summed E-state index contributed by atoms with van der Waals surface area (Å²) in [6.07, 6.45) is 0.308. The average Bonchev–Trinajstić information content (AvgIpc) is 2.62. The minimum atomic E-state index is -0.585. The van der Waals surface area contributed by atoms with E-state index >= 15 is 0 Å². The molecule has 1 aromatic carbocycles. The lowest BCUT2D eigenvalue weighted by Gasteiger charge is -2.38. The fourth-order valence-corrected chi connectivity index (χ4v) is 3.01. The molecule has 1 heterocycles. The van der Waals surface area contributed by atoms with Crippen molar-refractivity contribution in [2.75, 3.05) is 19.6 Å². The predicted octanol–water partition coefficient (Wildman–Crippen LogP) is 2.98. The van der Waals surface area contributed by atoms with Crippen molar-refractivity contribution in [3.63, 3.8) is 0 Å². The molecular weight excluding hydrogens is 360 g/mol. The van der Waals surface area contributed by atoms with Gasteiger partial charge >= 0.3 is 12.1 Å². The van der Waals surface area contributed by atoms with Crippen LogP contribution < -0.4 is 0 Å². The zero-order valence-corrected chi connectivity index (χ0v) is 17.1. The number of piperazine rings is 1. The number of benzene rings is 1. The third-order valence-corrected chi connectivity index (χ3v) is 4.42. The molecule has 0 radical (unpaired) electrons. The second-order valence-corrected chi connectivity index (χ2v) is 7.92. The average molecular weight is 390 g/mol. The first kappa shape index (κ1) is 21.7. The molecular formula is C21H30N2O5. The Morgan fingerprint density at radius 2 is 1.82 bits per heavy atom. The normalized spacial score (nSPS) is 17.4. The quantitative estimate of drug-likeness (QED) is 0.698. The summed E-state index contributed by atoms with van der Waals surface area (Å²) >= 11 is 0. The van der Waals surface area contributed by atoms with E-state index in [-0.39, 0.29) is 24.9 Å². The zero-order chi connectivity index (χ0) is 20.7. The first-order chi connectivity index (χ1) is 13.2. The Morgan fingerprint density at radius 1 is 1.14 bits per heavy atom. The van der Waals surface area contributed by atoms with Crippen LogP contribution in [0.2, 0.25) is 0 Å². The van der Waals surface area contributed by atoms with Crippen LogP contribution in [0.4, 0.5) is 4.79 Å². The van der Waals surface area contributed by atoms with Gasteiger partial charge in [0.1, 0.15) is 18.2 Å². The fourth-order valence-electron chi connectivity index (χ4n) is 3.01. The maximum atomic E-state index is 12.6. The lowest BCUT2D eigenvalue weighted by Crippen LogP contribution is -2.57. The molecule has 0 N–H and O–H groups in total. The largest absolute Gasteiger partial charge is 0.460 e. The number of amides is 2. The molecule has 7 heteroatoms. The van der Waals surface area contributed by atoms with Gasteiger partial charge in [-0.3, -0.25) is 14.5 Å². The third kappa shape index (κ3) is 6.55. The number of carbonyl (C=O) groups excluding carboxylic acids is 3. The standard InChI is InChI=1S/C21H30N2O5/c1-16-19(25)22(12-8-11-18(24)28-21(2,3)4)13-14-23(16)20(26)27-15-17-9-6-5-7-10-17/h5-7,9-10,16H,8,11-15H2,1-4H3. The third-order valence-electron chi connectivity index (χ3n) is 4.42. The van der Waals surface area contributed by atoms with Crippen LogP contribution in [0.15, 0.2) is 30.3 Å². The van der Waals surface area contributed by atoms with Gasteiger partial charge in [0.05, 0.1) is 0 Å². The van der Waals surface area contributed by atoms with Crippen molar-refractivity contribution in [1.29, 1.82) is 0 Å². The second kappa shape index (κ2) is 9.57. The van der Waals surface area contributed by atoms with Gasteiger partial charge in [-0.25, -0.2) is 4.79 Å². The van der Waals surface area contributed by atoms with Crippen molar-refractivity contribution in [1.82, 2.24) is 9.80 Å². The number of carbonyl (C=O) groups is 3. The highest BCUT2D eigenvalue weighted by molar-refractivity contribution is 5.86. The highest BCUT2D eigenvalue weighted by atomic mass is 16.6. The molecule has 28 heavy (non-hydrogen) atoms. The van der Waals surface area contributed by atoms with E-state index in [1.54, 1.807) is 11.8 Å². The van der Waals surface area contributed by atoms with Crippen LogP contribution in [0.1, 0.15) is 46.1 Å². The lowest BCUT2D eigenvalue weighted by atomic mass is 10.1.